The van der Waals surface area contributed by atoms with E-state index in [-0.39, 0.29) is 5.78 Å². The molecule has 2 rings (SSSR count). The number of carbonyl (C=O) groups excluding carboxylic acids is 1. The second-order valence-electron chi connectivity index (χ2n) is 5.20. The van der Waals surface area contributed by atoms with Crippen molar-refractivity contribution in [3.8, 4) is 0 Å². The van der Waals surface area contributed by atoms with Gasteiger partial charge in [0.1, 0.15) is 0 Å². The lowest BCUT2D eigenvalue weighted by Crippen LogP contribution is -2.25. The number of Topliss-reactive ketones (excluding diaryl/α,β-unsaturated/α-hetero) is 1. The summed E-state index contributed by atoms with van der Waals surface area (Å²) in [4.78, 5) is 15.8. The van der Waals surface area contributed by atoms with Gasteiger partial charge in [-0.05, 0) is 45.3 Å². The summed E-state index contributed by atoms with van der Waals surface area (Å²) in [5.74, 6) is 0.205. The van der Waals surface area contributed by atoms with Crippen LogP contribution in [0.2, 0.25) is 0 Å². The fourth-order valence-corrected chi connectivity index (χ4v) is 3.41. The first-order valence-corrected chi connectivity index (χ1v) is 7.81. The number of carbonyl (C=O) groups is 1. The van der Waals surface area contributed by atoms with E-state index < -0.39 is 0 Å². The van der Waals surface area contributed by atoms with Crippen LogP contribution >= 0.6 is 11.3 Å². The van der Waals surface area contributed by atoms with Crippen LogP contribution in [0.3, 0.4) is 0 Å². The average Bonchev–Trinajstić information content (AvgIpc) is 2.97. The number of hydrogen-bond acceptors (Lipinski definition) is 3. The fraction of sp³-hybridized carbons (Fsp3) is 0.438. The van der Waals surface area contributed by atoms with Crippen LogP contribution in [-0.2, 0) is 13.1 Å². The minimum Gasteiger partial charge on any atom is -0.349 e. The molecular formula is C16H22N2OS. The normalized spacial score (nSPS) is 11.2. The molecule has 0 atom stereocenters. The van der Waals surface area contributed by atoms with Crippen molar-refractivity contribution in [1.82, 2.24) is 9.47 Å². The van der Waals surface area contributed by atoms with Gasteiger partial charge in [0.15, 0.2) is 5.78 Å². The number of ketones is 1. The van der Waals surface area contributed by atoms with Crippen LogP contribution in [-0.4, -0.2) is 28.8 Å². The molecule has 2 heterocycles. The van der Waals surface area contributed by atoms with Crippen LogP contribution in [0.1, 0.15) is 33.5 Å². The summed E-state index contributed by atoms with van der Waals surface area (Å²) >= 11 is 1.73. The Hall–Kier alpha value is -1.39. The molecule has 0 radical (unpaired) electrons. The number of aryl methyl sites for hydroxylation is 1. The molecule has 2 aromatic rings. The first kappa shape index (κ1) is 15.0. The summed E-state index contributed by atoms with van der Waals surface area (Å²) < 4.78 is 2.19. The summed E-state index contributed by atoms with van der Waals surface area (Å²) in [5.41, 5.74) is 3.11. The van der Waals surface area contributed by atoms with Crippen LogP contribution in [0.5, 0.6) is 0 Å². The standard InChI is InChI=1S/C16H22N2OS/c1-5-18-12(2)9-15(13(18)3)16(19)11-17(4)10-14-7-6-8-20-14/h6-9H,5,10-11H2,1-4H3. The van der Waals surface area contributed by atoms with E-state index in [9.17, 15) is 4.79 Å². The highest BCUT2D eigenvalue weighted by atomic mass is 32.1. The molecular weight excluding hydrogens is 268 g/mol. The minimum atomic E-state index is 0.205. The van der Waals surface area contributed by atoms with Crippen molar-refractivity contribution in [2.45, 2.75) is 33.9 Å². The van der Waals surface area contributed by atoms with Gasteiger partial charge in [-0.3, -0.25) is 9.69 Å². The van der Waals surface area contributed by atoms with Crippen LogP contribution in [0.15, 0.2) is 23.6 Å². The van der Waals surface area contributed by atoms with Crippen molar-refractivity contribution in [3.63, 3.8) is 0 Å². The summed E-state index contributed by atoms with van der Waals surface area (Å²) in [7, 11) is 2.00. The van der Waals surface area contributed by atoms with Gasteiger partial charge in [0.25, 0.3) is 0 Å². The molecule has 2 aromatic heterocycles. The maximum absolute atomic E-state index is 12.4. The van der Waals surface area contributed by atoms with Crippen LogP contribution in [0, 0.1) is 13.8 Å². The number of hydrogen-bond donors (Lipinski definition) is 0. The van der Waals surface area contributed by atoms with E-state index in [0.717, 1.165) is 30.0 Å². The van der Waals surface area contributed by atoms with Gasteiger partial charge in [0.05, 0.1) is 6.54 Å². The largest absolute Gasteiger partial charge is 0.349 e. The summed E-state index contributed by atoms with van der Waals surface area (Å²) in [5, 5.41) is 2.07. The van der Waals surface area contributed by atoms with E-state index in [1.807, 2.05) is 26.1 Å². The molecule has 0 aliphatic rings. The lowest BCUT2D eigenvalue weighted by Gasteiger charge is -2.14. The number of thiophene rings is 1. The first-order valence-electron chi connectivity index (χ1n) is 6.93. The number of likely N-dealkylation sites (N-methyl/N-ethyl adjacent to an activating group) is 1. The molecule has 0 aliphatic heterocycles. The molecule has 0 saturated heterocycles. The van der Waals surface area contributed by atoms with E-state index in [0.29, 0.717) is 6.54 Å². The molecule has 0 unspecified atom stereocenters. The van der Waals surface area contributed by atoms with Gasteiger partial charge in [-0.1, -0.05) is 6.07 Å². The van der Waals surface area contributed by atoms with Crippen molar-refractivity contribution < 1.29 is 4.79 Å². The molecule has 0 N–H and O–H groups in total. The van der Waals surface area contributed by atoms with Crippen molar-refractivity contribution in [1.29, 1.82) is 0 Å². The Morgan fingerprint density at radius 2 is 2.15 bits per heavy atom. The monoisotopic (exact) mass is 290 g/mol. The van der Waals surface area contributed by atoms with Gasteiger partial charge in [0.2, 0.25) is 0 Å². The highest BCUT2D eigenvalue weighted by Crippen LogP contribution is 2.17. The molecule has 20 heavy (non-hydrogen) atoms. The zero-order valence-electron chi connectivity index (χ0n) is 12.6. The van der Waals surface area contributed by atoms with E-state index in [2.05, 4.69) is 34.8 Å². The molecule has 0 aromatic carbocycles. The van der Waals surface area contributed by atoms with Gasteiger partial charge in [-0.25, -0.2) is 0 Å². The maximum atomic E-state index is 12.4. The van der Waals surface area contributed by atoms with Crippen LogP contribution < -0.4 is 0 Å². The molecule has 0 bridgehead atoms. The minimum absolute atomic E-state index is 0.205. The Labute approximate surface area is 124 Å². The zero-order chi connectivity index (χ0) is 14.7. The summed E-state index contributed by atoms with van der Waals surface area (Å²) in [6.45, 7) is 8.40. The van der Waals surface area contributed by atoms with Crippen LogP contribution in [0.25, 0.3) is 0 Å². The third-order valence-corrected chi connectivity index (χ3v) is 4.47. The second kappa shape index (κ2) is 6.37. The van der Waals surface area contributed by atoms with Gasteiger partial charge >= 0.3 is 0 Å². The van der Waals surface area contributed by atoms with Crippen LogP contribution in [0.4, 0.5) is 0 Å². The Bertz CT molecular complexity index is 584. The third kappa shape index (κ3) is 3.19. The van der Waals surface area contributed by atoms with E-state index in [1.54, 1.807) is 11.3 Å². The topological polar surface area (TPSA) is 25.2 Å². The molecule has 0 aliphatic carbocycles. The van der Waals surface area contributed by atoms with E-state index in [1.165, 1.54) is 4.88 Å². The third-order valence-electron chi connectivity index (χ3n) is 3.61. The highest BCUT2D eigenvalue weighted by Gasteiger charge is 2.16. The Morgan fingerprint density at radius 3 is 2.70 bits per heavy atom. The lowest BCUT2D eigenvalue weighted by molar-refractivity contribution is 0.0943. The van der Waals surface area contributed by atoms with Gasteiger partial charge in [-0.2, -0.15) is 0 Å². The molecule has 108 valence electrons. The Morgan fingerprint density at radius 1 is 1.40 bits per heavy atom. The van der Waals surface area contributed by atoms with Crippen molar-refractivity contribution in [2.24, 2.45) is 0 Å². The highest BCUT2D eigenvalue weighted by molar-refractivity contribution is 7.09. The van der Waals surface area contributed by atoms with Gasteiger partial charge in [0, 0.05) is 34.9 Å². The molecule has 0 fully saturated rings. The maximum Gasteiger partial charge on any atom is 0.178 e. The second-order valence-corrected chi connectivity index (χ2v) is 6.24. The number of nitrogens with zero attached hydrogens (tertiary/aromatic N) is 2. The van der Waals surface area contributed by atoms with Crippen molar-refractivity contribution >= 4 is 17.1 Å². The smallest absolute Gasteiger partial charge is 0.178 e. The Kier molecular flexibility index (Phi) is 4.78. The molecule has 0 amide bonds. The van der Waals surface area contributed by atoms with Crippen molar-refractivity contribution in [2.75, 3.05) is 13.6 Å². The predicted molar refractivity (Wildman–Crippen MR) is 84.6 cm³/mol. The molecule has 0 saturated carbocycles. The van der Waals surface area contributed by atoms with Gasteiger partial charge < -0.3 is 4.57 Å². The van der Waals surface area contributed by atoms with Gasteiger partial charge in [-0.15, -0.1) is 11.3 Å². The van der Waals surface area contributed by atoms with Crippen molar-refractivity contribution in [3.05, 3.63) is 45.4 Å². The van der Waals surface area contributed by atoms with E-state index >= 15 is 0 Å². The SMILES string of the molecule is CCn1c(C)cc(C(=O)CN(C)Cc2cccs2)c1C. The first-order chi connectivity index (χ1) is 9.52. The number of aromatic nitrogens is 1. The Balaban J connectivity index is 2.04. The quantitative estimate of drug-likeness (QED) is 0.761. The fourth-order valence-electron chi connectivity index (χ4n) is 2.62. The number of rotatable bonds is 6. The molecule has 3 nitrogen and oxygen atoms in total. The lowest BCUT2D eigenvalue weighted by atomic mass is 10.1. The molecule has 0 spiro atoms. The van der Waals surface area contributed by atoms with E-state index in [4.69, 9.17) is 0 Å². The predicted octanol–water partition coefficient (Wildman–Crippen LogP) is 3.50. The summed E-state index contributed by atoms with van der Waals surface area (Å²) in [6, 6.07) is 6.17. The summed E-state index contributed by atoms with van der Waals surface area (Å²) in [6.07, 6.45) is 0. The average molecular weight is 290 g/mol. The zero-order valence-corrected chi connectivity index (χ0v) is 13.5. The molecule has 4 heteroatoms.